The Balaban J connectivity index is 1.48. The summed E-state index contributed by atoms with van der Waals surface area (Å²) in [5.41, 5.74) is 2.75. The van der Waals surface area contributed by atoms with Crippen LogP contribution in [0.3, 0.4) is 0 Å². The minimum atomic E-state index is -0.180. The molecule has 0 aliphatic heterocycles. The number of amides is 2. The number of hydrogen-bond donors (Lipinski definition) is 2. The maximum Gasteiger partial charge on any atom is 0.239 e. The van der Waals surface area contributed by atoms with Crippen LogP contribution in [0.1, 0.15) is 41.3 Å². The number of carbonyl (C=O) groups is 2. The molecule has 0 saturated heterocycles. The fourth-order valence-electron chi connectivity index (χ4n) is 3.49. The highest BCUT2D eigenvalue weighted by atomic mass is 32.1. The molecular weight excluding hydrogens is 398 g/mol. The first kappa shape index (κ1) is 21.9. The van der Waals surface area contributed by atoms with Crippen molar-refractivity contribution in [2.24, 2.45) is 5.92 Å². The Labute approximate surface area is 181 Å². The van der Waals surface area contributed by atoms with Crippen LogP contribution in [0.5, 0.6) is 0 Å². The third-order valence-electron chi connectivity index (χ3n) is 5.19. The number of pyridine rings is 1. The van der Waals surface area contributed by atoms with Crippen LogP contribution in [-0.4, -0.2) is 41.8 Å². The molecule has 1 aliphatic carbocycles. The second-order valence-corrected chi connectivity index (χ2v) is 9.08. The van der Waals surface area contributed by atoms with Gasteiger partial charge in [-0.25, -0.2) is 4.98 Å². The van der Waals surface area contributed by atoms with E-state index < -0.39 is 0 Å². The Hall–Kier alpha value is -2.76. The number of nitriles is 1. The predicted octanol–water partition coefficient (Wildman–Crippen LogP) is 3.35. The molecule has 0 radical (unpaired) electrons. The van der Waals surface area contributed by atoms with Crippen molar-refractivity contribution in [3.05, 3.63) is 39.9 Å². The summed E-state index contributed by atoms with van der Waals surface area (Å²) in [7, 11) is 1.79. The number of nitrogens with one attached hydrogen (secondary N) is 2. The van der Waals surface area contributed by atoms with E-state index in [1.54, 1.807) is 24.2 Å². The normalized spacial score (nSPS) is 15.4. The zero-order valence-corrected chi connectivity index (χ0v) is 18.4. The highest BCUT2D eigenvalue weighted by Gasteiger charge is 2.24. The van der Waals surface area contributed by atoms with E-state index in [-0.39, 0.29) is 24.8 Å². The van der Waals surface area contributed by atoms with Crippen LogP contribution in [-0.2, 0) is 22.4 Å². The van der Waals surface area contributed by atoms with E-state index in [4.69, 9.17) is 0 Å². The molecule has 1 atom stereocenters. The summed E-state index contributed by atoms with van der Waals surface area (Å²) >= 11 is 1.53. The zero-order valence-electron chi connectivity index (χ0n) is 17.6. The Morgan fingerprint density at radius 1 is 1.33 bits per heavy atom. The molecule has 7 nitrogen and oxygen atoms in total. The van der Waals surface area contributed by atoms with Crippen molar-refractivity contribution in [3.63, 3.8) is 0 Å². The Morgan fingerprint density at radius 3 is 2.83 bits per heavy atom. The molecule has 0 saturated carbocycles. The maximum absolute atomic E-state index is 12.4. The second kappa shape index (κ2) is 9.83. The minimum Gasteiger partial charge on any atom is -0.317 e. The van der Waals surface area contributed by atoms with Gasteiger partial charge >= 0.3 is 0 Å². The van der Waals surface area contributed by atoms with Crippen molar-refractivity contribution in [3.8, 4) is 6.07 Å². The monoisotopic (exact) mass is 425 g/mol. The van der Waals surface area contributed by atoms with Crippen LogP contribution in [0.4, 0.5) is 10.8 Å². The number of nitrogens with zero attached hydrogens (tertiary/aromatic N) is 3. The third kappa shape index (κ3) is 5.65. The molecule has 158 valence electrons. The Kier molecular flexibility index (Phi) is 7.19. The van der Waals surface area contributed by atoms with Crippen molar-refractivity contribution in [2.45, 2.75) is 39.5 Å². The van der Waals surface area contributed by atoms with E-state index >= 15 is 0 Å². The lowest BCUT2D eigenvalue weighted by Gasteiger charge is -2.17. The van der Waals surface area contributed by atoms with E-state index in [1.165, 1.54) is 16.2 Å². The number of thiophene rings is 1. The molecule has 8 heteroatoms. The smallest absolute Gasteiger partial charge is 0.239 e. The number of likely N-dealkylation sites (N-methyl/N-ethyl adjacent to an activating group) is 1. The van der Waals surface area contributed by atoms with Crippen molar-refractivity contribution in [2.75, 3.05) is 30.8 Å². The summed E-state index contributed by atoms with van der Waals surface area (Å²) in [6, 6.07) is 5.91. The van der Waals surface area contributed by atoms with Gasteiger partial charge in [0.2, 0.25) is 11.8 Å². The van der Waals surface area contributed by atoms with Crippen LogP contribution < -0.4 is 10.6 Å². The molecule has 1 unspecified atom stereocenters. The number of aryl methyl sites for hydroxylation is 1. The number of anilines is 2. The number of rotatable bonds is 7. The van der Waals surface area contributed by atoms with Gasteiger partial charge in [0.1, 0.15) is 16.9 Å². The van der Waals surface area contributed by atoms with Crippen molar-refractivity contribution in [1.82, 2.24) is 9.88 Å². The average molecular weight is 426 g/mol. The lowest BCUT2D eigenvalue weighted by Crippen LogP contribution is -2.32. The van der Waals surface area contributed by atoms with E-state index in [1.807, 2.05) is 13.0 Å². The lowest BCUT2D eigenvalue weighted by atomic mass is 9.89. The maximum atomic E-state index is 12.4. The summed E-state index contributed by atoms with van der Waals surface area (Å²) in [5, 5.41) is 15.9. The molecule has 2 aromatic rings. The van der Waals surface area contributed by atoms with Gasteiger partial charge in [0.15, 0.2) is 0 Å². The first-order valence-corrected chi connectivity index (χ1v) is 10.9. The largest absolute Gasteiger partial charge is 0.317 e. The summed E-state index contributed by atoms with van der Waals surface area (Å²) in [6.07, 6.45) is 4.90. The Bertz CT molecular complexity index is 961. The van der Waals surface area contributed by atoms with Gasteiger partial charge in [-0.1, -0.05) is 13.0 Å². The number of hydrogen-bond acceptors (Lipinski definition) is 6. The van der Waals surface area contributed by atoms with Gasteiger partial charge in [0, 0.05) is 24.0 Å². The SMILES string of the molecule is Cc1ccc(NC(=O)CN(C)CCC(=O)Nc2sc3c(c2C#N)CCC(C)C3)nc1. The second-order valence-electron chi connectivity index (χ2n) is 7.97. The first-order chi connectivity index (χ1) is 14.4. The van der Waals surface area contributed by atoms with Gasteiger partial charge in [-0.3, -0.25) is 14.5 Å². The third-order valence-corrected chi connectivity index (χ3v) is 6.36. The fourth-order valence-corrected chi connectivity index (χ4v) is 4.86. The molecular formula is C22H27N5O2S. The highest BCUT2D eigenvalue weighted by molar-refractivity contribution is 7.16. The summed E-state index contributed by atoms with van der Waals surface area (Å²) in [5.74, 6) is 0.796. The highest BCUT2D eigenvalue weighted by Crippen LogP contribution is 2.39. The van der Waals surface area contributed by atoms with E-state index in [2.05, 4.69) is 28.6 Å². The quantitative estimate of drug-likeness (QED) is 0.709. The molecule has 3 rings (SSSR count). The van der Waals surface area contributed by atoms with E-state index in [0.29, 0.717) is 28.8 Å². The average Bonchev–Trinajstić information content (AvgIpc) is 3.03. The van der Waals surface area contributed by atoms with Crippen molar-refractivity contribution < 1.29 is 9.59 Å². The van der Waals surface area contributed by atoms with Gasteiger partial charge in [0.25, 0.3) is 0 Å². The van der Waals surface area contributed by atoms with E-state index in [0.717, 1.165) is 30.4 Å². The zero-order chi connectivity index (χ0) is 21.7. The van der Waals surface area contributed by atoms with Crippen LogP contribution >= 0.6 is 11.3 Å². The predicted molar refractivity (Wildman–Crippen MR) is 119 cm³/mol. The van der Waals surface area contributed by atoms with Gasteiger partial charge in [-0.2, -0.15) is 5.26 Å². The number of carbonyl (C=O) groups excluding carboxylic acids is 2. The molecule has 2 amide bonds. The van der Waals surface area contributed by atoms with Crippen LogP contribution in [0.2, 0.25) is 0 Å². The fraction of sp³-hybridized carbons (Fsp3) is 0.455. The minimum absolute atomic E-state index is 0.148. The first-order valence-electron chi connectivity index (χ1n) is 10.1. The van der Waals surface area contributed by atoms with Gasteiger partial charge in [0.05, 0.1) is 12.1 Å². The van der Waals surface area contributed by atoms with Crippen molar-refractivity contribution >= 4 is 34.0 Å². The molecule has 30 heavy (non-hydrogen) atoms. The molecule has 2 N–H and O–H groups in total. The van der Waals surface area contributed by atoms with Gasteiger partial charge in [-0.05, 0) is 56.3 Å². The topological polar surface area (TPSA) is 98.1 Å². The summed E-state index contributed by atoms with van der Waals surface area (Å²) in [6.45, 7) is 4.75. The molecule has 0 spiro atoms. The lowest BCUT2D eigenvalue weighted by molar-refractivity contribution is -0.119. The number of aromatic nitrogens is 1. The molecule has 0 fully saturated rings. The molecule has 0 aromatic carbocycles. The molecule has 0 bridgehead atoms. The molecule has 2 heterocycles. The number of fused-ring (bicyclic) bond motifs is 1. The van der Waals surface area contributed by atoms with Gasteiger partial charge < -0.3 is 10.6 Å². The van der Waals surface area contributed by atoms with Crippen molar-refractivity contribution in [1.29, 1.82) is 5.26 Å². The van der Waals surface area contributed by atoms with Crippen LogP contribution in [0.15, 0.2) is 18.3 Å². The Morgan fingerprint density at radius 2 is 2.13 bits per heavy atom. The standard InChI is InChI=1S/C22H27N5O2S/c1-14-4-6-16-17(11-23)22(30-18(16)10-14)26-20(28)8-9-27(3)13-21(29)25-19-7-5-15(2)12-24-19/h5,7,12,14H,4,6,8-10,13H2,1-3H3,(H,26,28)(H,24,25,29). The van der Waals surface area contributed by atoms with Crippen LogP contribution in [0.25, 0.3) is 0 Å². The van der Waals surface area contributed by atoms with Gasteiger partial charge in [-0.15, -0.1) is 11.3 Å². The summed E-state index contributed by atoms with van der Waals surface area (Å²) < 4.78 is 0. The van der Waals surface area contributed by atoms with E-state index in [9.17, 15) is 14.9 Å². The summed E-state index contributed by atoms with van der Waals surface area (Å²) in [4.78, 5) is 31.7. The molecule has 1 aliphatic rings. The van der Waals surface area contributed by atoms with Crippen LogP contribution in [0, 0.1) is 24.2 Å². The molecule has 2 aromatic heterocycles.